The molecule has 6 nitrogen and oxygen atoms in total. The topological polar surface area (TPSA) is 66.9 Å². The van der Waals surface area contributed by atoms with Crippen molar-refractivity contribution in [3.8, 4) is 5.75 Å². The standard InChI is InChI=1S/C19H22N2O4S/c1-13-9-10-18(25-4)19(11-13)26(23,24)20-12-14(2)21(15(3)22)17-8-6-5-7-16(17)20/h5-11,14H,12H2,1-4H3/t14-/m0/s1. The van der Waals surface area contributed by atoms with Crippen LogP contribution >= 0.6 is 0 Å². The second-order valence-electron chi connectivity index (χ2n) is 6.42. The summed E-state index contributed by atoms with van der Waals surface area (Å²) >= 11 is 0. The molecule has 1 heterocycles. The van der Waals surface area contributed by atoms with Gasteiger partial charge in [0.1, 0.15) is 10.6 Å². The summed E-state index contributed by atoms with van der Waals surface area (Å²) in [5, 5.41) is 0. The Morgan fingerprint density at radius 1 is 1.15 bits per heavy atom. The Bertz CT molecular complexity index is 956. The summed E-state index contributed by atoms with van der Waals surface area (Å²) in [5.74, 6) is 0.185. The lowest BCUT2D eigenvalue weighted by atomic mass is 10.1. The van der Waals surface area contributed by atoms with Gasteiger partial charge >= 0.3 is 0 Å². The van der Waals surface area contributed by atoms with E-state index in [2.05, 4.69) is 0 Å². The molecule has 1 aliphatic heterocycles. The van der Waals surface area contributed by atoms with Gasteiger partial charge in [0.25, 0.3) is 10.0 Å². The average Bonchev–Trinajstić information content (AvgIpc) is 2.60. The molecule has 26 heavy (non-hydrogen) atoms. The van der Waals surface area contributed by atoms with Gasteiger partial charge in [-0.25, -0.2) is 8.42 Å². The van der Waals surface area contributed by atoms with Crippen molar-refractivity contribution >= 4 is 27.3 Å². The van der Waals surface area contributed by atoms with Gasteiger partial charge in [-0.3, -0.25) is 9.10 Å². The van der Waals surface area contributed by atoms with E-state index in [4.69, 9.17) is 4.74 Å². The monoisotopic (exact) mass is 374 g/mol. The first-order chi connectivity index (χ1) is 12.3. The quantitative estimate of drug-likeness (QED) is 0.828. The smallest absolute Gasteiger partial charge is 0.268 e. The molecule has 3 rings (SSSR count). The number of para-hydroxylation sites is 2. The third kappa shape index (κ3) is 2.92. The van der Waals surface area contributed by atoms with Crippen molar-refractivity contribution in [2.24, 2.45) is 0 Å². The average molecular weight is 374 g/mol. The maximum atomic E-state index is 13.4. The highest BCUT2D eigenvalue weighted by atomic mass is 32.2. The Morgan fingerprint density at radius 2 is 1.81 bits per heavy atom. The molecule has 0 spiro atoms. The Balaban J connectivity index is 2.19. The molecule has 0 bridgehead atoms. The fourth-order valence-electron chi connectivity index (χ4n) is 3.35. The van der Waals surface area contributed by atoms with Crippen molar-refractivity contribution in [3.05, 3.63) is 48.0 Å². The third-order valence-electron chi connectivity index (χ3n) is 4.51. The molecule has 0 fully saturated rings. The maximum Gasteiger partial charge on any atom is 0.268 e. The molecule has 7 heteroatoms. The first-order valence-electron chi connectivity index (χ1n) is 8.33. The highest BCUT2D eigenvalue weighted by Gasteiger charge is 2.37. The van der Waals surface area contributed by atoms with Crippen LogP contribution in [0.2, 0.25) is 0 Å². The van der Waals surface area contributed by atoms with Crippen molar-refractivity contribution < 1.29 is 17.9 Å². The highest BCUT2D eigenvalue weighted by Crippen LogP contribution is 2.40. The van der Waals surface area contributed by atoms with Crippen LogP contribution in [0, 0.1) is 6.92 Å². The van der Waals surface area contributed by atoms with Crippen LogP contribution in [-0.2, 0) is 14.8 Å². The highest BCUT2D eigenvalue weighted by molar-refractivity contribution is 7.93. The second-order valence-corrected chi connectivity index (χ2v) is 8.25. The largest absolute Gasteiger partial charge is 0.495 e. The SMILES string of the molecule is COc1ccc(C)cc1S(=O)(=O)N1C[C@H](C)N(C(C)=O)c2ccccc21. The predicted molar refractivity (Wildman–Crippen MR) is 101 cm³/mol. The Kier molecular flexibility index (Phi) is 4.66. The maximum absolute atomic E-state index is 13.4. The molecule has 138 valence electrons. The minimum Gasteiger partial charge on any atom is -0.495 e. The number of hydrogen-bond acceptors (Lipinski definition) is 4. The Morgan fingerprint density at radius 3 is 2.42 bits per heavy atom. The number of benzene rings is 2. The van der Waals surface area contributed by atoms with E-state index in [9.17, 15) is 13.2 Å². The normalized spacial score (nSPS) is 17.0. The molecule has 2 aromatic carbocycles. The Labute approximate surface area is 154 Å². The fourth-order valence-corrected chi connectivity index (χ4v) is 5.15. The zero-order chi connectivity index (χ0) is 19.1. The molecule has 0 saturated carbocycles. The summed E-state index contributed by atoms with van der Waals surface area (Å²) in [6.45, 7) is 5.34. The number of fused-ring (bicyclic) bond motifs is 1. The summed E-state index contributed by atoms with van der Waals surface area (Å²) < 4.78 is 33.5. The first kappa shape index (κ1) is 18.3. The molecule has 0 radical (unpaired) electrons. The van der Waals surface area contributed by atoms with Crippen LogP contribution in [0.15, 0.2) is 47.4 Å². The van der Waals surface area contributed by atoms with E-state index < -0.39 is 10.0 Å². The number of nitrogens with zero attached hydrogens (tertiary/aromatic N) is 2. The first-order valence-corrected chi connectivity index (χ1v) is 9.77. The summed E-state index contributed by atoms with van der Waals surface area (Å²) in [4.78, 5) is 13.8. The Hall–Kier alpha value is -2.54. The summed E-state index contributed by atoms with van der Waals surface area (Å²) in [7, 11) is -2.40. The molecule has 0 unspecified atom stereocenters. The number of ether oxygens (including phenoxy) is 1. The number of methoxy groups -OCH3 is 1. The number of carbonyl (C=O) groups is 1. The van der Waals surface area contributed by atoms with E-state index in [-0.39, 0.29) is 23.4 Å². The van der Waals surface area contributed by atoms with E-state index in [0.29, 0.717) is 17.1 Å². The van der Waals surface area contributed by atoms with Crippen molar-refractivity contribution in [1.29, 1.82) is 0 Å². The number of carbonyl (C=O) groups excluding carboxylic acids is 1. The number of anilines is 2. The third-order valence-corrected chi connectivity index (χ3v) is 6.31. The molecule has 0 aromatic heterocycles. The van der Waals surface area contributed by atoms with Gasteiger partial charge in [0.2, 0.25) is 5.91 Å². The van der Waals surface area contributed by atoms with Gasteiger partial charge < -0.3 is 9.64 Å². The molecule has 0 aliphatic carbocycles. The lowest BCUT2D eigenvalue weighted by molar-refractivity contribution is -0.117. The van der Waals surface area contributed by atoms with Crippen molar-refractivity contribution in [1.82, 2.24) is 0 Å². The van der Waals surface area contributed by atoms with Gasteiger partial charge in [0.15, 0.2) is 0 Å². The zero-order valence-electron chi connectivity index (χ0n) is 15.3. The molecule has 0 saturated heterocycles. The summed E-state index contributed by atoms with van der Waals surface area (Å²) in [6, 6.07) is 11.8. The van der Waals surface area contributed by atoms with Crippen molar-refractivity contribution in [2.75, 3.05) is 22.9 Å². The van der Waals surface area contributed by atoms with E-state index in [1.54, 1.807) is 41.3 Å². The van der Waals surface area contributed by atoms with E-state index in [1.807, 2.05) is 19.9 Å². The van der Waals surface area contributed by atoms with E-state index in [0.717, 1.165) is 5.56 Å². The van der Waals surface area contributed by atoms with Crippen molar-refractivity contribution in [3.63, 3.8) is 0 Å². The van der Waals surface area contributed by atoms with Crippen LogP contribution in [0.3, 0.4) is 0 Å². The molecule has 2 aromatic rings. The number of amides is 1. The van der Waals surface area contributed by atoms with Gasteiger partial charge in [-0.2, -0.15) is 0 Å². The summed E-state index contributed by atoms with van der Waals surface area (Å²) in [5.41, 5.74) is 1.91. The lowest BCUT2D eigenvalue weighted by Crippen LogP contribution is -2.51. The van der Waals surface area contributed by atoms with Gasteiger partial charge in [0, 0.05) is 6.92 Å². The molecule has 1 aliphatic rings. The second kappa shape index (κ2) is 6.64. The van der Waals surface area contributed by atoms with Gasteiger partial charge in [-0.15, -0.1) is 0 Å². The van der Waals surface area contributed by atoms with Crippen LogP contribution in [0.5, 0.6) is 5.75 Å². The molecule has 1 atom stereocenters. The summed E-state index contributed by atoms with van der Waals surface area (Å²) in [6.07, 6.45) is 0. The fraction of sp³-hybridized carbons (Fsp3) is 0.316. The minimum atomic E-state index is -3.85. The molecular weight excluding hydrogens is 352 g/mol. The van der Waals surface area contributed by atoms with Crippen LogP contribution < -0.4 is 13.9 Å². The van der Waals surface area contributed by atoms with Gasteiger partial charge in [0.05, 0.1) is 31.1 Å². The molecule has 0 N–H and O–H groups in total. The molecule has 1 amide bonds. The number of aryl methyl sites for hydroxylation is 1. The van der Waals surface area contributed by atoms with Crippen molar-refractivity contribution in [2.45, 2.75) is 31.7 Å². The minimum absolute atomic E-state index is 0.116. The zero-order valence-corrected chi connectivity index (χ0v) is 16.1. The number of rotatable bonds is 3. The van der Waals surface area contributed by atoms with Crippen LogP contribution in [-0.4, -0.2) is 34.0 Å². The van der Waals surface area contributed by atoms with Crippen LogP contribution in [0.25, 0.3) is 0 Å². The van der Waals surface area contributed by atoms with Crippen LogP contribution in [0.4, 0.5) is 11.4 Å². The van der Waals surface area contributed by atoms with E-state index in [1.165, 1.54) is 18.3 Å². The molecular formula is C19H22N2O4S. The van der Waals surface area contributed by atoms with Gasteiger partial charge in [-0.1, -0.05) is 18.2 Å². The predicted octanol–water partition coefficient (Wildman–Crippen LogP) is 2.95. The van der Waals surface area contributed by atoms with Crippen LogP contribution in [0.1, 0.15) is 19.4 Å². The van der Waals surface area contributed by atoms with Gasteiger partial charge in [-0.05, 0) is 43.7 Å². The number of sulfonamides is 1. The lowest BCUT2D eigenvalue weighted by Gasteiger charge is -2.41. The number of hydrogen-bond donors (Lipinski definition) is 0. The van der Waals surface area contributed by atoms with E-state index >= 15 is 0 Å².